The molecule has 3 unspecified atom stereocenters. The van der Waals surface area contributed by atoms with Gasteiger partial charge in [0.15, 0.2) is 0 Å². The van der Waals surface area contributed by atoms with Crippen molar-refractivity contribution in [1.82, 2.24) is 9.80 Å². The van der Waals surface area contributed by atoms with Crippen LogP contribution in [0, 0.1) is 11.8 Å². The summed E-state index contributed by atoms with van der Waals surface area (Å²) in [7, 11) is 0. The Morgan fingerprint density at radius 3 is 1.23 bits per heavy atom. The van der Waals surface area contributed by atoms with E-state index in [9.17, 15) is 14.7 Å². The van der Waals surface area contributed by atoms with Gasteiger partial charge in [-0.05, 0) is 96.1 Å². The third kappa shape index (κ3) is 34.3. The van der Waals surface area contributed by atoms with E-state index in [4.69, 9.17) is 9.47 Å². The molecule has 1 aliphatic carbocycles. The van der Waals surface area contributed by atoms with E-state index in [1.165, 1.54) is 173 Å². The van der Waals surface area contributed by atoms with Crippen molar-refractivity contribution in [2.24, 2.45) is 11.8 Å². The quantitative estimate of drug-likeness (QED) is 0.0483. The fourth-order valence-electron chi connectivity index (χ4n) is 9.02. The highest BCUT2D eigenvalue weighted by Gasteiger charge is 2.26. The van der Waals surface area contributed by atoms with Crippen molar-refractivity contribution in [2.45, 2.75) is 271 Å². The first-order valence-corrected chi connectivity index (χ1v) is 26.8. The number of hydrogen-bond acceptors (Lipinski definition) is 7. The normalized spacial score (nSPS) is 14.7. The van der Waals surface area contributed by atoms with Crippen LogP contribution in [0.3, 0.4) is 0 Å². The van der Waals surface area contributed by atoms with Gasteiger partial charge in [-0.2, -0.15) is 0 Å². The van der Waals surface area contributed by atoms with E-state index in [-0.39, 0.29) is 18.0 Å². The molecule has 1 saturated carbocycles. The lowest BCUT2D eigenvalue weighted by Gasteiger charge is -2.39. The van der Waals surface area contributed by atoms with E-state index in [2.05, 4.69) is 37.5 Å². The van der Waals surface area contributed by atoms with Gasteiger partial charge in [0, 0.05) is 38.5 Å². The smallest absolute Gasteiger partial charge is 0.305 e. The molecular formula is C53H104N2O5. The Bertz CT molecular complexity index is 884. The number of ether oxygens (including phenoxy) is 2. The lowest BCUT2D eigenvalue weighted by Crippen LogP contribution is -2.47. The number of nitrogens with zero attached hydrogens (tertiary/aromatic N) is 2. The zero-order valence-corrected chi connectivity index (χ0v) is 41.0. The molecule has 0 radical (unpaired) electrons. The molecule has 7 heteroatoms. The lowest BCUT2D eigenvalue weighted by atomic mass is 9.91. The van der Waals surface area contributed by atoms with Crippen molar-refractivity contribution in [3.05, 3.63) is 0 Å². The number of hydrogen-bond donors (Lipinski definition) is 1. The monoisotopic (exact) mass is 849 g/mol. The third-order valence-electron chi connectivity index (χ3n) is 13.3. The Hall–Kier alpha value is -1.18. The van der Waals surface area contributed by atoms with Gasteiger partial charge in [-0.1, -0.05) is 175 Å². The van der Waals surface area contributed by atoms with Gasteiger partial charge in [0.1, 0.15) is 0 Å². The number of aliphatic hydroxyl groups excluding tert-OH is 1. The summed E-state index contributed by atoms with van der Waals surface area (Å²) in [5, 5.41) is 10.2. The highest BCUT2D eigenvalue weighted by atomic mass is 16.5. The minimum absolute atomic E-state index is 0.0125. The summed E-state index contributed by atoms with van der Waals surface area (Å²) in [4.78, 5) is 30.7. The maximum Gasteiger partial charge on any atom is 0.305 e. The Balaban J connectivity index is 2.51. The van der Waals surface area contributed by atoms with E-state index < -0.39 is 0 Å². The highest BCUT2D eigenvalue weighted by Crippen LogP contribution is 2.25. The zero-order chi connectivity index (χ0) is 43.7. The maximum absolute atomic E-state index is 12.8. The maximum atomic E-state index is 12.8. The van der Waals surface area contributed by atoms with E-state index in [0.29, 0.717) is 43.9 Å². The molecule has 0 aromatic rings. The fraction of sp³-hybridized carbons (Fsp3) is 0.962. The van der Waals surface area contributed by atoms with Crippen molar-refractivity contribution in [2.75, 3.05) is 45.9 Å². The number of carbonyl (C=O) groups is 2. The number of unbranched alkanes of at least 4 members (excludes halogenated alkanes) is 20. The van der Waals surface area contributed by atoms with Gasteiger partial charge in [-0.3, -0.25) is 14.5 Å². The van der Waals surface area contributed by atoms with Crippen LogP contribution in [0.4, 0.5) is 0 Å². The largest absolute Gasteiger partial charge is 0.465 e. The average molecular weight is 849 g/mol. The summed E-state index contributed by atoms with van der Waals surface area (Å²) >= 11 is 0. The van der Waals surface area contributed by atoms with E-state index >= 15 is 0 Å². The van der Waals surface area contributed by atoms with Crippen LogP contribution in [-0.2, 0) is 19.1 Å². The van der Waals surface area contributed by atoms with E-state index in [1.54, 1.807) is 0 Å². The molecule has 1 aliphatic rings. The van der Waals surface area contributed by atoms with Crippen molar-refractivity contribution >= 4 is 11.9 Å². The van der Waals surface area contributed by atoms with Crippen LogP contribution in [0.1, 0.15) is 259 Å². The Kier molecular flexibility index (Phi) is 39.6. The summed E-state index contributed by atoms with van der Waals surface area (Å²) in [5.41, 5.74) is 0. The van der Waals surface area contributed by atoms with Crippen molar-refractivity contribution < 1.29 is 24.2 Å². The Morgan fingerprint density at radius 2 is 0.867 bits per heavy atom. The number of carbonyl (C=O) groups excluding carboxylic acids is 2. The average Bonchev–Trinajstić information content (AvgIpc) is 3.21. The minimum Gasteiger partial charge on any atom is -0.465 e. The third-order valence-corrected chi connectivity index (χ3v) is 13.3. The van der Waals surface area contributed by atoms with Gasteiger partial charge >= 0.3 is 11.9 Å². The summed E-state index contributed by atoms with van der Waals surface area (Å²) in [6, 6.07) is 0.613. The Labute approximate surface area is 374 Å². The molecule has 1 N–H and O–H groups in total. The zero-order valence-electron chi connectivity index (χ0n) is 41.0. The van der Waals surface area contributed by atoms with Crippen LogP contribution in [0.5, 0.6) is 0 Å². The SMILES string of the molecule is CCCCCCCCC(CCCCCC)COC(=O)CCCCCN(CCCCCC(=O)OCC(CCCCCC)CCCCCCCC)CCN(CC(C)O)C1CCC1. The second-order valence-corrected chi connectivity index (χ2v) is 19.3. The molecule has 3 atom stereocenters. The van der Waals surface area contributed by atoms with Crippen LogP contribution in [0.2, 0.25) is 0 Å². The van der Waals surface area contributed by atoms with E-state index in [1.807, 2.05) is 6.92 Å². The topological polar surface area (TPSA) is 79.3 Å². The minimum atomic E-state index is -0.308. The van der Waals surface area contributed by atoms with Crippen LogP contribution < -0.4 is 0 Å². The fourth-order valence-corrected chi connectivity index (χ4v) is 9.02. The standard InChI is InChI=1S/C53H104N2O5/c1-6-10-14-18-20-26-35-49(33-24-16-12-8-3)46-59-52(57)39-28-22-30-41-54(43-44-55(45-48(5)56)51-37-32-38-51)42-31-23-29-40-53(58)60-47-50(34-25-17-13-9-4)36-27-21-19-15-11-7-2/h48-51,56H,6-47H2,1-5H3. The molecule has 0 spiro atoms. The molecule has 0 amide bonds. The first-order valence-electron chi connectivity index (χ1n) is 26.8. The molecule has 0 aromatic heterocycles. The van der Waals surface area contributed by atoms with Crippen LogP contribution in [0.25, 0.3) is 0 Å². The molecule has 0 heterocycles. The predicted octanol–water partition coefficient (Wildman–Crippen LogP) is 14.4. The molecule has 1 rings (SSSR count). The molecule has 60 heavy (non-hydrogen) atoms. The van der Waals surface area contributed by atoms with Crippen LogP contribution >= 0.6 is 0 Å². The van der Waals surface area contributed by atoms with Crippen LogP contribution in [-0.4, -0.2) is 84.9 Å². The molecular weight excluding hydrogens is 745 g/mol. The Morgan fingerprint density at radius 1 is 0.500 bits per heavy atom. The molecule has 356 valence electrons. The summed E-state index contributed by atoms with van der Waals surface area (Å²) < 4.78 is 11.8. The van der Waals surface area contributed by atoms with Gasteiger partial charge in [0.25, 0.3) is 0 Å². The molecule has 0 aliphatic heterocycles. The predicted molar refractivity (Wildman–Crippen MR) is 257 cm³/mol. The molecule has 0 saturated heterocycles. The van der Waals surface area contributed by atoms with Gasteiger partial charge in [0.2, 0.25) is 0 Å². The molecule has 0 bridgehead atoms. The molecule has 0 aromatic carbocycles. The molecule has 1 fully saturated rings. The first kappa shape index (κ1) is 56.8. The van der Waals surface area contributed by atoms with Crippen molar-refractivity contribution in [3.8, 4) is 0 Å². The number of rotatable bonds is 46. The van der Waals surface area contributed by atoms with Gasteiger partial charge in [0.05, 0.1) is 19.3 Å². The lowest BCUT2D eigenvalue weighted by molar-refractivity contribution is -0.146. The summed E-state index contributed by atoms with van der Waals surface area (Å²) in [6.45, 7) is 17.0. The van der Waals surface area contributed by atoms with E-state index in [0.717, 1.165) is 71.2 Å². The summed E-state index contributed by atoms with van der Waals surface area (Å²) in [6.07, 6.45) is 41.3. The summed E-state index contributed by atoms with van der Waals surface area (Å²) in [5.74, 6) is 1.01. The van der Waals surface area contributed by atoms with Crippen molar-refractivity contribution in [1.29, 1.82) is 0 Å². The van der Waals surface area contributed by atoms with Gasteiger partial charge in [-0.15, -0.1) is 0 Å². The van der Waals surface area contributed by atoms with Gasteiger partial charge in [-0.25, -0.2) is 0 Å². The second kappa shape index (κ2) is 41.8. The van der Waals surface area contributed by atoms with Gasteiger partial charge < -0.3 is 19.5 Å². The second-order valence-electron chi connectivity index (χ2n) is 19.3. The number of aliphatic hydroxyl groups is 1. The first-order chi connectivity index (χ1) is 29.3. The van der Waals surface area contributed by atoms with Crippen molar-refractivity contribution in [3.63, 3.8) is 0 Å². The highest BCUT2D eigenvalue weighted by molar-refractivity contribution is 5.69. The molecule has 7 nitrogen and oxygen atoms in total. The van der Waals surface area contributed by atoms with Crippen LogP contribution in [0.15, 0.2) is 0 Å². The number of esters is 2.